The van der Waals surface area contributed by atoms with Crippen molar-refractivity contribution in [2.24, 2.45) is 10.9 Å². The minimum absolute atomic E-state index is 0.0779. The Labute approximate surface area is 180 Å². The van der Waals surface area contributed by atoms with Crippen LogP contribution in [0.25, 0.3) is 0 Å². The number of halogens is 1. The fourth-order valence-corrected chi connectivity index (χ4v) is 2.66. The SMILES string of the molecule is Cc1ccc(NC(=O)[C@@H](C)O/N=C(\N)c2ccc(OCc3ccccc3)cc2)c(F)c1. The molecule has 0 saturated heterocycles. The van der Waals surface area contributed by atoms with E-state index < -0.39 is 17.8 Å². The first-order valence-corrected chi connectivity index (χ1v) is 9.76. The maximum atomic E-state index is 13.9. The molecule has 0 aliphatic rings. The molecule has 0 aromatic heterocycles. The number of carbonyl (C=O) groups excluding carboxylic acids is 1. The van der Waals surface area contributed by atoms with Crippen LogP contribution in [0.2, 0.25) is 0 Å². The minimum Gasteiger partial charge on any atom is -0.489 e. The lowest BCUT2D eigenvalue weighted by Crippen LogP contribution is -2.28. The van der Waals surface area contributed by atoms with E-state index in [0.29, 0.717) is 17.9 Å². The molecule has 3 rings (SSSR count). The van der Waals surface area contributed by atoms with Crippen LogP contribution >= 0.6 is 0 Å². The Kier molecular flexibility index (Phi) is 7.22. The molecular weight excluding hydrogens is 397 g/mol. The topological polar surface area (TPSA) is 85.9 Å². The lowest BCUT2D eigenvalue weighted by atomic mass is 10.2. The van der Waals surface area contributed by atoms with Gasteiger partial charge in [-0.2, -0.15) is 0 Å². The number of nitrogens with zero attached hydrogens (tertiary/aromatic N) is 1. The molecule has 3 aromatic carbocycles. The van der Waals surface area contributed by atoms with Crippen LogP contribution in [-0.4, -0.2) is 17.8 Å². The van der Waals surface area contributed by atoms with Gasteiger partial charge in [-0.25, -0.2) is 4.39 Å². The van der Waals surface area contributed by atoms with E-state index in [1.807, 2.05) is 30.3 Å². The molecule has 0 heterocycles. The largest absolute Gasteiger partial charge is 0.489 e. The van der Waals surface area contributed by atoms with E-state index in [4.69, 9.17) is 15.3 Å². The molecule has 160 valence electrons. The standard InChI is InChI=1S/C24H24FN3O3/c1-16-8-13-22(21(25)14-16)27-24(29)17(2)31-28-23(26)19-9-11-20(12-10-19)30-15-18-6-4-3-5-7-18/h3-14,17H,15H2,1-2H3,(H2,26,28)(H,27,29)/t17-/m1/s1. The summed E-state index contributed by atoms with van der Waals surface area (Å²) in [5.41, 5.74) is 8.46. The van der Waals surface area contributed by atoms with E-state index in [0.717, 1.165) is 11.1 Å². The van der Waals surface area contributed by atoms with Gasteiger partial charge in [-0.15, -0.1) is 0 Å². The molecular formula is C24H24FN3O3. The summed E-state index contributed by atoms with van der Waals surface area (Å²) in [6.07, 6.45) is -0.965. The molecule has 0 aliphatic heterocycles. The Morgan fingerprint density at radius 3 is 2.48 bits per heavy atom. The number of rotatable bonds is 8. The second-order valence-electron chi connectivity index (χ2n) is 7.00. The molecule has 0 unspecified atom stereocenters. The van der Waals surface area contributed by atoms with Crippen LogP contribution in [0.4, 0.5) is 10.1 Å². The van der Waals surface area contributed by atoms with Crippen molar-refractivity contribution in [1.82, 2.24) is 0 Å². The first-order chi connectivity index (χ1) is 14.9. The van der Waals surface area contributed by atoms with E-state index in [-0.39, 0.29) is 11.5 Å². The van der Waals surface area contributed by atoms with Crippen LogP contribution in [0.15, 0.2) is 78.0 Å². The van der Waals surface area contributed by atoms with Gasteiger partial charge in [0.05, 0.1) is 5.69 Å². The van der Waals surface area contributed by atoms with Crippen LogP contribution in [0.1, 0.15) is 23.6 Å². The molecule has 0 bridgehead atoms. The van der Waals surface area contributed by atoms with Crippen molar-refractivity contribution in [2.75, 3.05) is 5.32 Å². The molecule has 7 heteroatoms. The molecule has 3 N–H and O–H groups in total. The molecule has 1 amide bonds. The summed E-state index contributed by atoms with van der Waals surface area (Å²) in [5.74, 6) is -0.257. The summed E-state index contributed by atoms with van der Waals surface area (Å²) >= 11 is 0. The van der Waals surface area contributed by atoms with Crippen molar-refractivity contribution >= 4 is 17.4 Å². The number of amidine groups is 1. The average Bonchev–Trinajstić information content (AvgIpc) is 2.78. The smallest absolute Gasteiger partial charge is 0.268 e. The molecule has 0 aliphatic carbocycles. The van der Waals surface area contributed by atoms with Gasteiger partial charge in [-0.3, -0.25) is 4.79 Å². The predicted octanol–water partition coefficient (Wildman–Crippen LogP) is 4.38. The summed E-state index contributed by atoms with van der Waals surface area (Å²) in [5, 5.41) is 6.29. The monoisotopic (exact) mass is 421 g/mol. The van der Waals surface area contributed by atoms with Gasteiger partial charge < -0.3 is 20.6 Å². The van der Waals surface area contributed by atoms with Crippen molar-refractivity contribution in [2.45, 2.75) is 26.6 Å². The van der Waals surface area contributed by atoms with Crippen molar-refractivity contribution < 1.29 is 18.8 Å². The summed E-state index contributed by atoms with van der Waals surface area (Å²) in [7, 11) is 0. The second kappa shape index (κ2) is 10.2. The fourth-order valence-electron chi connectivity index (χ4n) is 2.66. The number of hydrogen-bond acceptors (Lipinski definition) is 4. The van der Waals surface area contributed by atoms with Gasteiger partial charge in [0.1, 0.15) is 18.2 Å². The van der Waals surface area contributed by atoms with Crippen molar-refractivity contribution in [1.29, 1.82) is 0 Å². The average molecular weight is 421 g/mol. The van der Waals surface area contributed by atoms with Crippen molar-refractivity contribution in [3.63, 3.8) is 0 Å². The third kappa shape index (κ3) is 6.30. The zero-order valence-corrected chi connectivity index (χ0v) is 17.3. The second-order valence-corrected chi connectivity index (χ2v) is 7.00. The van der Waals surface area contributed by atoms with Crippen LogP contribution in [-0.2, 0) is 16.2 Å². The van der Waals surface area contributed by atoms with Crippen molar-refractivity contribution in [3.05, 3.63) is 95.3 Å². The van der Waals surface area contributed by atoms with Gasteiger partial charge >= 0.3 is 0 Å². The Hall–Kier alpha value is -3.87. The van der Waals surface area contributed by atoms with Gasteiger partial charge in [0.25, 0.3) is 5.91 Å². The first-order valence-electron chi connectivity index (χ1n) is 9.76. The number of amides is 1. The van der Waals surface area contributed by atoms with Gasteiger partial charge in [-0.1, -0.05) is 41.6 Å². The van der Waals surface area contributed by atoms with E-state index in [1.165, 1.54) is 19.1 Å². The van der Waals surface area contributed by atoms with Gasteiger partial charge in [0.2, 0.25) is 6.10 Å². The number of oxime groups is 1. The molecule has 0 radical (unpaired) electrons. The van der Waals surface area contributed by atoms with E-state index >= 15 is 0 Å². The Morgan fingerprint density at radius 2 is 1.81 bits per heavy atom. The Morgan fingerprint density at radius 1 is 1.10 bits per heavy atom. The molecule has 1 atom stereocenters. The first kappa shape index (κ1) is 21.8. The maximum absolute atomic E-state index is 13.9. The Balaban J connectivity index is 1.53. The lowest BCUT2D eigenvalue weighted by Gasteiger charge is -2.12. The highest BCUT2D eigenvalue weighted by atomic mass is 19.1. The molecule has 6 nitrogen and oxygen atoms in total. The third-order valence-corrected chi connectivity index (χ3v) is 4.46. The number of nitrogens with two attached hydrogens (primary N) is 1. The number of carbonyl (C=O) groups is 1. The third-order valence-electron chi connectivity index (χ3n) is 4.46. The van der Waals surface area contributed by atoms with Gasteiger partial charge in [-0.05, 0) is 61.4 Å². The highest BCUT2D eigenvalue weighted by Gasteiger charge is 2.16. The van der Waals surface area contributed by atoms with E-state index in [1.54, 1.807) is 37.3 Å². The van der Waals surface area contributed by atoms with Gasteiger partial charge in [0, 0.05) is 5.56 Å². The van der Waals surface area contributed by atoms with Crippen LogP contribution in [0.5, 0.6) is 5.75 Å². The quantitative estimate of drug-likeness (QED) is 0.321. The van der Waals surface area contributed by atoms with E-state index in [2.05, 4.69) is 10.5 Å². The number of benzene rings is 3. The minimum atomic E-state index is -0.965. The van der Waals surface area contributed by atoms with Crippen LogP contribution < -0.4 is 15.8 Å². The fraction of sp³-hybridized carbons (Fsp3) is 0.167. The Bertz CT molecular complexity index is 1050. The lowest BCUT2D eigenvalue weighted by molar-refractivity contribution is -0.126. The summed E-state index contributed by atoms with van der Waals surface area (Å²) < 4.78 is 19.6. The molecule has 3 aromatic rings. The highest BCUT2D eigenvalue weighted by molar-refractivity contribution is 5.97. The number of anilines is 1. The zero-order chi connectivity index (χ0) is 22.2. The van der Waals surface area contributed by atoms with Crippen LogP contribution in [0.3, 0.4) is 0 Å². The number of nitrogens with one attached hydrogen (secondary N) is 1. The maximum Gasteiger partial charge on any atom is 0.268 e. The number of hydrogen-bond donors (Lipinski definition) is 2. The number of aryl methyl sites for hydroxylation is 1. The molecule has 0 spiro atoms. The van der Waals surface area contributed by atoms with Crippen molar-refractivity contribution in [3.8, 4) is 5.75 Å². The van der Waals surface area contributed by atoms with E-state index in [9.17, 15) is 9.18 Å². The normalized spacial score (nSPS) is 12.2. The van der Waals surface area contributed by atoms with Crippen LogP contribution in [0, 0.1) is 12.7 Å². The molecule has 0 fully saturated rings. The van der Waals surface area contributed by atoms with Gasteiger partial charge in [0.15, 0.2) is 5.84 Å². The summed E-state index contributed by atoms with van der Waals surface area (Å²) in [4.78, 5) is 17.4. The summed E-state index contributed by atoms with van der Waals surface area (Å²) in [6.45, 7) is 3.72. The molecule has 31 heavy (non-hydrogen) atoms. The summed E-state index contributed by atoms with van der Waals surface area (Å²) in [6, 6.07) is 21.4. The predicted molar refractivity (Wildman–Crippen MR) is 118 cm³/mol. The zero-order valence-electron chi connectivity index (χ0n) is 17.3. The highest BCUT2D eigenvalue weighted by Crippen LogP contribution is 2.16. The number of ether oxygens (including phenoxy) is 1. The molecule has 0 saturated carbocycles.